The molecule has 0 N–H and O–H groups in total. The fourth-order valence-electron chi connectivity index (χ4n) is 0.736. The van der Waals surface area contributed by atoms with Gasteiger partial charge in [0, 0.05) is 5.39 Å². The molecular weight excluding hydrogens is 155 g/mol. The smallest absolute Gasteiger partial charge is 0.178 e. The van der Waals surface area contributed by atoms with E-state index in [0.29, 0.717) is 0 Å². The lowest BCUT2D eigenvalue weighted by Crippen LogP contribution is -1.47. The van der Waals surface area contributed by atoms with E-state index in [4.69, 9.17) is 0 Å². The summed E-state index contributed by atoms with van der Waals surface area (Å²) in [6, 6.07) is 3.50. The fraction of sp³-hybridized carbons (Fsp3) is 0. The largest absolute Gasteiger partial charge is 0.195 e. The van der Waals surface area contributed by atoms with Crippen molar-refractivity contribution in [3.8, 4) is 0 Å². The van der Waals surface area contributed by atoms with Crippen LogP contribution in [-0.2, 0) is 0 Å². The first-order valence-electron chi connectivity index (χ1n) is 2.49. The molecule has 0 aliphatic carbocycles. The van der Waals surface area contributed by atoms with Gasteiger partial charge in [-0.15, -0.1) is 11.3 Å². The van der Waals surface area contributed by atoms with E-state index in [-0.39, 0.29) is 5.13 Å². The Labute approximate surface area is 59.6 Å². The molecule has 0 aromatic carbocycles. The van der Waals surface area contributed by atoms with E-state index >= 15 is 0 Å². The summed E-state index contributed by atoms with van der Waals surface area (Å²) in [6.45, 7) is 0. The third-order valence-corrected chi connectivity index (χ3v) is 3.11. The van der Waals surface area contributed by atoms with Gasteiger partial charge in [0.25, 0.3) is 0 Å². The second-order valence-corrected chi connectivity index (χ2v) is 3.89. The zero-order valence-corrected chi connectivity index (χ0v) is 6.06. The Bertz CT molecular complexity index is 292. The van der Waals surface area contributed by atoms with Crippen LogP contribution in [0.1, 0.15) is 0 Å². The maximum Gasteiger partial charge on any atom is 0.178 e. The molecule has 2 heterocycles. The summed E-state index contributed by atoms with van der Waals surface area (Å²) in [5.74, 6) is 0. The Morgan fingerprint density at radius 2 is 2.33 bits per heavy atom. The van der Waals surface area contributed by atoms with Gasteiger partial charge < -0.3 is 0 Å². The molecule has 0 nitrogen and oxygen atoms in total. The maximum atomic E-state index is 12.4. The summed E-state index contributed by atoms with van der Waals surface area (Å²) in [4.78, 5) is 0. The van der Waals surface area contributed by atoms with E-state index in [9.17, 15) is 4.39 Å². The average molecular weight is 158 g/mol. The highest BCUT2D eigenvalue weighted by Gasteiger charge is 1.99. The molecular formula is C6H3FS2. The lowest BCUT2D eigenvalue weighted by molar-refractivity contribution is 0.658. The minimum absolute atomic E-state index is 0.0862. The fourth-order valence-corrected chi connectivity index (χ4v) is 2.54. The molecule has 3 heteroatoms. The highest BCUT2D eigenvalue weighted by atomic mass is 32.2. The van der Waals surface area contributed by atoms with Crippen molar-refractivity contribution in [3.05, 3.63) is 22.6 Å². The van der Waals surface area contributed by atoms with Crippen LogP contribution in [0.4, 0.5) is 4.39 Å². The highest BCUT2D eigenvalue weighted by molar-refractivity contribution is 7.36. The molecule has 0 atom stereocenters. The predicted octanol–water partition coefficient (Wildman–Crippen LogP) is 3.10. The lowest BCUT2D eigenvalue weighted by Gasteiger charge is -1.65. The first-order chi connectivity index (χ1) is 4.36. The first-order valence-corrected chi connectivity index (χ1v) is 4.18. The van der Waals surface area contributed by atoms with Crippen molar-refractivity contribution >= 4 is 32.1 Å². The van der Waals surface area contributed by atoms with Crippen LogP contribution in [0, 0.1) is 5.13 Å². The van der Waals surface area contributed by atoms with Gasteiger partial charge in [0.1, 0.15) is 0 Å². The Morgan fingerprint density at radius 3 is 3.11 bits per heavy atom. The molecule has 9 heavy (non-hydrogen) atoms. The second-order valence-electron chi connectivity index (χ2n) is 1.71. The molecule has 0 radical (unpaired) electrons. The van der Waals surface area contributed by atoms with E-state index in [1.165, 1.54) is 11.3 Å². The number of hydrogen-bond acceptors (Lipinski definition) is 2. The summed E-state index contributed by atoms with van der Waals surface area (Å²) in [5, 5.41) is 2.92. The molecule has 0 unspecified atom stereocenters. The number of fused-ring (bicyclic) bond motifs is 1. The molecule has 0 saturated heterocycles. The minimum atomic E-state index is -0.0862. The van der Waals surface area contributed by atoms with Crippen LogP contribution in [0.2, 0.25) is 0 Å². The van der Waals surface area contributed by atoms with Crippen molar-refractivity contribution in [2.24, 2.45) is 0 Å². The van der Waals surface area contributed by atoms with E-state index in [1.807, 2.05) is 11.4 Å². The van der Waals surface area contributed by atoms with Crippen molar-refractivity contribution in [1.82, 2.24) is 0 Å². The average Bonchev–Trinajstić information content (AvgIpc) is 2.22. The summed E-state index contributed by atoms with van der Waals surface area (Å²) >= 11 is 2.80. The van der Waals surface area contributed by atoms with Gasteiger partial charge >= 0.3 is 0 Å². The van der Waals surface area contributed by atoms with Gasteiger partial charge in [0.05, 0.1) is 4.01 Å². The first kappa shape index (κ1) is 5.38. The van der Waals surface area contributed by atoms with Crippen LogP contribution in [-0.4, -0.2) is 0 Å². The Morgan fingerprint density at radius 1 is 1.44 bits per heavy atom. The number of rotatable bonds is 0. The van der Waals surface area contributed by atoms with Crippen LogP contribution in [0.5, 0.6) is 0 Å². The normalized spacial score (nSPS) is 10.8. The van der Waals surface area contributed by atoms with E-state index < -0.39 is 0 Å². The highest BCUT2D eigenvalue weighted by Crippen LogP contribution is 2.28. The molecule has 46 valence electrons. The van der Waals surface area contributed by atoms with Crippen LogP contribution in [0.25, 0.3) is 9.40 Å². The summed E-state index contributed by atoms with van der Waals surface area (Å²) in [5.41, 5.74) is 0. The van der Waals surface area contributed by atoms with E-state index in [2.05, 4.69) is 0 Å². The van der Waals surface area contributed by atoms with Crippen LogP contribution in [0.15, 0.2) is 17.5 Å². The van der Waals surface area contributed by atoms with Gasteiger partial charge in [-0.1, -0.05) is 11.3 Å². The molecule has 0 saturated carbocycles. The Kier molecular flexibility index (Phi) is 1.07. The van der Waals surface area contributed by atoms with Gasteiger partial charge in [-0.05, 0) is 17.5 Å². The zero-order chi connectivity index (χ0) is 6.27. The molecule has 2 aromatic rings. The molecule has 0 amide bonds. The Balaban J connectivity index is 2.92. The lowest BCUT2D eigenvalue weighted by atomic mass is 10.4. The van der Waals surface area contributed by atoms with Crippen molar-refractivity contribution in [2.45, 2.75) is 0 Å². The zero-order valence-electron chi connectivity index (χ0n) is 4.43. The summed E-state index contributed by atoms with van der Waals surface area (Å²) in [6.07, 6.45) is 0. The molecule has 2 rings (SSSR count). The molecule has 2 aromatic heterocycles. The van der Waals surface area contributed by atoms with Crippen molar-refractivity contribution in [1.29, 1.82) is 0 Å². The van der Waals surface area contributed by atoms with Gasteiger partial charge in [-0.25, -0.2) is 0 Å². The summed E-state index contributed by atoms with van der Waals surface area (Å²) < 4.78 is 13.5. The Hall–Kier alpha value is -0.410. The molecule has 0 aliphatic rings. The minimum Gasteiger partial charge on any atom is -0.195 e. The SMILES string of the molecule is Fc1cc2ccsc2s1. The molecule has 0 spiro atoms. The molecule has 0 aliphatic heterocycles. The number of hydrogen-bond donors (Lipinski definition) is 0. The van der Waals surface area contributed by atoms with Crippen molar-refractivity contribution < 1.29 is 4.39 Å². The van der Waals surface area contributed by atoms with Crippen LogP contribution in [0.3, 0.4) is 0 Å². The summed E-state index contributed by atoms with van der Waals surface area (Å²) in [7, 11) is 0. The topological polar surface area (TPSA) is 0 Å². The van der Waals surface area contributed by atoms with E-state index in [1.54, 1.807) is 17.4 Å². The standard InChI is InChI=1S/C6H3FS2/c7-5-3-4-1-2-8-6(4)9-5/h1-3H. The van der Waals surface area contributed by atoms with Gasteiger partial charge in [-0.2, -0.15) is 4.39 Å². The van der Waals surface area contributed by atoms with Crippen molar-refractivity contribution in [2.75, 3.05) is 0 Å². The third-order valence-electron chi connectivity index (χ3n) is 1.12. The third kappa shape index (κ3) is 0.767. The van der Waals surface area contributed by atoms with Crippen LogP contribution >= 0.6 is 22.7 Å². The van der Waals surface area contributed by atoms with Gasteiger partial charge in [0.2, 0.25) is 0 Å². The quantitative estimate of drug-likeness (QED) is 0.552. The maximum absolute atomic E-state index is 12.4. The monoisotopic (exact) mass is 158 g/mol. The second kappa shape index (κ2) is 1.78. The van der Waals surface area contributed by atoms with Crippen molar-refractivity contribution in [3.63, 3.8) is 0 Å². The number of halogens is 1. The van der Waals surface area contributed by atoms with E-state index in [0.717, 1.165) is 9.40 Å². The molecule has 0 bridgehead atoms. The van der Waals surface area contributed by atoms with Crippen LogP contribution < -0.4 is 0 Å². The van der Waals surface area contributed by atoms with Gasteiger partial charge in [0.15, 0.2) is 5.13 Å². The number of thiophene rings is 2. The molecule has 0 fully saturated rings. The predicted molar refractivity (Wildman–Crippen MR) is 39.7 cm³/mol. The van der Waals surface area contributed by atoms with Gasteiger partial charge in [-0.3, -0.25) is 0 Å².